The summed E-state index contributed by atoms with van der Waals surface area (Å²) in [4.78, 5) is 19.5. The van der Waals surface area contributed by atoms with Crippen LogP contribution in [0.4, 0.5) is 5.69 Å². The van der Waals surface area contributed by atoms with Gasteiger partial charge in [-0.25, -0.2) is 0 Å². The molecule has 0 aromatic carbocycles. The number of aromatic nitrogens is 3. The Bertz CT molecular complexity index is 844. The number of hydrogen-bond acceptors (Lipinski definition) is 5. The summed E-state index contributed by atoms with van der Waals surface area (Å²) in [6, 6.07) is 5.94. The Morgan fingerprint density at radius 3 is 2.61 bits per heavy atom. The van der Waals surface area contributed by atoms with E-state index in [1.54, 1.807) is 6.20 Å². The Kier molecular flexibility index (Phi) is 4.87. The molecule has 1 saturated carbocycles. The fraction of sp³-hybridized carbons (Fsp3) is 0.571. The maximum absolute atomic E-state index is 12.9. The van der Waals surface area contributed by atoms with E-state index in [0.717, 1.165) is 49.4 Å². The molecule has 1 aliphatic carbocycles. The Hall–Kier alpha value is -2.41. The summed E-state index contributed by atoms with van der Waals surface area (Å²) in [6.07, 6.45) is 4.78. The number of amides is 1. The molecule has 2 atom stereocenters. The van der Waals surface area contributed by atoms with E-state index in [4.69, 9.17) is 4.74 Å². The Labute approximate surface area is 166 Å². The lowest BCUT2D eigenvalue weighted by Crippen LogP contribution is -2.45. The van der Waals surface area contributed by atoms with Crippen molar-refractivity contribution < 1.29 is 9.53 Å². The molecule has 4 rings (SSSR count). The molecule has 0 unspecified atom stereocenters. The summed E-state index contributed by atoms with van der Waals surface area (Å²) in [5, 5.41) is 7.75. The zero-order valence-electron chi connectivity index (χ0n) is 17.1. The Morgan fingerprint density at radius 2 is 2.00 bits per heavy atom. The minimum Gasteiger partial charge on any atom is -0.372 e. The molecule has 1 aliphatic heterocycles. The molecule has 0 bridgehead atoms. The molecule has 7 heteroatoms. The Morgan fingerprint density at radius 1 is 1.29 bits per heavy atom. The maximum atomic E-state index is 12.9. The number of aryl methyl sites for hydroxylation is 2. The second kappa shape index (κ2) is 7.20. The van der Waals surface area contributed by atoms with Crippen molar-refractivity contribution in [2.75, 3.05) is 18.0 Å². The van der Waals surface area contributed by atoms with Crippen LogP contribution in [0.2, 0.25) is 0 Å². The SMILES string of the molecule is Cc1cc(CC2(NC(=O)c3cc(N4C[C@@H](C)O[C@@H](C)C4)ccn3)CC2)nn1C. The zero-order chi connectivity index (χ0) is 19.9. The predicted molar refractivity (Wildman–Crippen MR) is 108 cm³/mol. The third kappa shape index (κ3) is 4.04. The minimum atomic E-state index is -0.183. The highest BCUT2D eigenvalue weighted by Gasteiger charge is 2.45. The lowest BCUT2D eigenvalue weighted by atomic mass is 10.1. The summed E-state index contributed by atoms with van der Waals surface area (Å²) in [5.74, 6) is -0.110. The first kappa shape index (κ1) is 18.9. The molecule has 28 heavy (non-hydrogen) atoms. The average molecular weight is 383 g/mol. The zero-order valence-corrected chi connectivity index (χ0v) is 17.1. The number of anilines is 1. The molecule has 150 valence electrons. The Balaban J connectivity index is 1.45. The molecule has 2 aromatic rings. The number of morpholine rings is 1. The van der Waals surface area contributed by atoms with Crippen molar-refractivity contribution in [2.24, 2.45) is 7.05 Å². The van der Waals surface area contributed by atoms with Crippen LogP contribution >= 0.6 is 0 Å². The first-order valence-corrected chi connectivity index (χ1v) is 10.0. The molecular weight excluding hydrogens is 354 g/mol. The number of carbonyl (C=O) groups is 1. The van der Waals surface area contributed by atoms with Crippen molar-refractivity contribution >= 4 is 11.6 Å². The number of pyridine rings is 1. The van der Waals surface area contributed by atoms with Gasteiger partial charge < -0.3 is 15.0 Å². The molecule has 3 heterocycles. The van der Waals surface area contributed by atoms with Gasteiger partial charge in [0.25, 0.3) is 5.91 Å². The van der Waals surface area contributed by atoms with Crippen molar-refractivity contribution in [1.82, 2.24) is 20.1 Å². The van der Waals surface area contributed by atoms with E-state index in [2.05, 4.69) is 40.2 Å². The summed E-state index contributed by atoms with van der Waals surface area (Å²) in [6.45, 7) is 7.83. The highest BCUT2D eigenvalue weighted by molar-refractivity contribution is 5.94. The molecule has 0 spiro atoms. The van der Waals surface area contributed by atoms with Gasteiger partial charge in [0.15, 0.2) is 0 Å². The summed E-state index contributed by atoms with van der Waals surface area (Å²) >= 11 is 0. The third-order valence-corrected chi connectivity index (χ3v) is 5.68. The van der Waals surface area contributed by atoms with Crippen LogP contribution in [-0.2, 0) is 18.2 Å². The first-order valence-electron chi connectivity index (χ1n) is 10.0. The highest BCUT2D eigenvalue weighted by Crippen LogP contribution is 2.38. The quantitative estimate of drug-likeness (QED) is 0.857. The van der Waals surface area contributed by atoms with Gasteiger partial charge in [-0.15, -0.1) is 0 Å². The lowest BCUT2D eigenvalue weighted by Gasteiger charge is -2.36. The molecule has 1 amide bonds. The fourth-order valence-electron chi connectivity index (χ4n) is 4.00. The lowest BCUT2D eigenvalue weighted by molar-refractivity contribution is -0.00522. The van der Waals surface area contributed by atoms with Crippen molar-refractivity contribution in [3.63, 3.8) is 0 Å². The van der Waals surface area contributed by atoms with Crippen LogP contribution in [0.25, 0.3) is 0 Å². The third-order valence-electron chi connectivity index (χ3n) is 5.68. The molecule has 1 saturated heterocycles. The van der Waals surface area contributed by atoms with E-state index in [1.165, 1.54) is 0 Å². The average Bonchev–Trinajstić information content (AvgIpc) is 3.31. The van der Waals surface area contributed by atoms with E-state index < -0.39 is 0 Å². The van der Waals surface area contributed by atoms with Crippen LogP contribution in [0.5, 0.6) is 0 Å². The van der Waals surface area contributed by atoms with E-state index in [-0.39, 0.29) is 23.7 Å². The minimum absolute atomic E-state index is 0.110. The normalized spacial score (nSPS) is 23.5. The van der Waals surface area contributed by atoms with Crippen LogP contribution in [0, 0.1) is 6.92 Å². The monoisotopic (exact) mass is 383 g/mol. The molecule has 2 aromatic heterocycles. The van der Waals surface area contributed by atoms with Gasteiger partial charge in [0, 0.05) is 49.7 Å². The topological polar surface area (TPSA) is 72.3 Å². The standard InChI is InChI=1S/C21H29N5O2/c1-14-9-17(24-25(14)4)11-21(6-7-21)23-20(27)19-10-18(5-8-22-19)26-12-15(2)28-16(3)13-26/h5,8-10,15-16H,6-7,11-13H2,1-4H3,(H,23,27)/t15-,16+. The van der Waals surface area contributed by atoms with E-state index in [0.29, 0.717) is 5.69 Å². The van der Waals surface area contributed by atoms with Gasteiger partial charge in [-0.2, -0.15) is 5.10 Å². The van der Waals surface area contributed by atoms with Crippen LogP contribution in [0.3, 0.4) is 0 Å². The van der Waals surface area contributed by atoms with E-state index in [1.807, 2.05) is 30.8 Å². The van der Waals surface area contributed by atoms with Crippen molar-refractivity contribution in [2.45, 2.75) is 57.8 Å². The van der Waals surface area contributed by atoms with Gasteiger partial charge in [-0.3, -0.25) is 14.5 Å². The molecular formula is C21H29N5O2. The van der Waals surface area contributed by atoms with Crippen LogP contribution < -0.4 is 10.2 Å². The predicted octanol–water partition coefficient (Wildman–Crippen LogP) is 2.24. The van der Waals surface area contributed by atoms with Crippen molar-refractivity contribution in [3.05, 3.63) is 41.5 Å². The number of rotatable bonds is 5. The number of nitrogens with one attached hydrogen (secondary N) is 1. The van der Waals surface area contributed by atoms with Gasteiger partial charge in [0.1, 0.15) is 5.69 Å². The summed E-state index contributed by atoms with van der Waals surface area (Å²) < 4.78 is 7.69. The molecule has 1 N–H and O–H groups in total. The van der Waals surface area contributed by atoms with Gasteiger partial charge in [-0.1, -0.05) is 0 Å². The second-order valence-corrected chi connectivity index (χ2v) is 8.37. The summed E-state index contributed by atoms with van der Waals surface area (Å²) in [7, 11) is 1.94. The van der Waals surface area contributed by atoms with Gasteiger partial charge in [0.2, 0.25) is 0 Å². The smallest absolute Gasteiger partial charge is 0.270 e. The summed E-state index contributed by atoms with van der Waals surface area (Å²) in [5.41, 5.74) is 3.45. The number of nitrogens with zero attached hydrogens (tertiary/aromatic N) is 4. The maximum Gasteiger partial charge on any atom is 0.270 e. The molecule has 2 fully saturated rings. The highest BCUT2D eigenvalue weighted by atomic mass is 16.5. The van der Waals surface area contributed by atoms with E-state index >= 15 is 0 Å². The fourth-order valence-corrected chi connectivity index (χ4v) is 4.00. The van der Waals surface area contributed by atoms with Crippen molar-refractivity contribution in [1.29, 1.82) is 0 Å². The molecule has 0 radical (unpaired) electrons. The molecule has 2 aliphatic rings. The molecule has 7 nitrogen and oxygen atoms in total. The second-order valence-electron chi connectivity index (χ2n) is 8.37. The number of ether oxygens (including phenoxy) is 1. The number of carbonyl (C=O) groups excluding carboxylic acids is 1. The van der Waals surface area contributed by atoms with Crippen LogP contribution in [0.1, 0.15) is 48.6 Å². The first-order chi connectivity index (χ1) is 13.3. The van der Waals surface area contributed by atoms with Crippen molar-refractivity contribution in [3.8, 4) is 0 Å². The largest absolute Gasteiger partial charge is 0.372 e. The van der Waals surface area contributed by atoms with Gasteiger partial charge >= 0.3 is 0 Å². The van der Waals surface area contributed by atoms with Crippen LogP contribution in [0.15, 0.2) is 24.4 Å². The van der Waals surface area contributed by atoms with Gasteiger partial charge in [0.05, 0.1) is 17.9 Å². The van der Waals surface area contributed by atoms with Gasteiger partial charge in [-0.05, 0) is 51.8 Å². The number of hydrogen-bond donors (Lipinski definition) is 1. The van der Waals surface area contributed by atoms with Crippen LogP contribution in [-0.4, -0.2) is 51.5 Å². The van der Waals surface area contributed by atoms with E-state index in [9.17, 15) is 4.79 Å².